The maximum Gasteiger partial charge on any atom is 0.296 e. The van der Waals surface area contributed by atoms with Gasteiger partial charge in [-0.1, -0.05) is 13.0 Å². The number of hydrogen-bond donors (Lipinski definition) is 4. The molecule has 0 bridgehead atoms. The summed E-state index contributed by atoms with van der Waals surface area (Å²) in [6.07, 6.45) is 0.137. The normalized spacial score (nSPS) is 11.5. The molecule has 0 saturated heterocycles. The van der Waals surface area contributed by atoms with Crippen LogP contribution in [0.5, 0.6) is 11.5 Å². The third-order valence-electron chi connectivity index (χ3n) is 8.13. The second-order valence-corrected chi connectivity index (χ2v) is 14.7. The second-order valence-electron chi connectivity index (χ2n) is 12.2. The van der Waals surface area contributed by atoms with E-state index in [9.17, 15) is 38.0 Å². The zero-order valence-corrected chi connectivity index (χ0v) is 31.6. The van der Waals surface area contributed by atoms with Gasteiger partial charge in [0.25, 0.3) is 21.3 Å². The number of anilines is 3. The molecule has 0 aliphatic carbocycles. The first kappa shape index (κ1) is 38.8. The van der Waals surface area contributed by atoms with Gasteiger partial charge in [-0.25, -0.2) is 8.42 Å². The molecule has 0 atom stereocenters. The lowest BCUT2D eigenvalue weighted by Gasteiger charge is -2.12. The number of aromatic nitrogens is 2. The van der Waals surface area contributed by atoms with Crippen LogP contribution in [0.1, 0.15) is 37.2 Å². The molecule has 0 unspecified atom stereocenters. The van der Waals surface area contributed by atoms with Crippen LogP contribution in [0.25, 0.3) is 16.6 Å². The molecular formula is C36H32N8O10S2. The lowest BCUT2D eigenvalue weighted by atomic mass is 10.2. The van der Waals surface area contributed by atoms with Gasteiger partial charge in [-0.05, 0) is 91.6 Å². The molecule has 0 fully saturated rings. The number of nitrogens with zero attached hydrogens (tertiary/aromatic N) is 5. The van der Waals surface area contributed by atoms with Crippen molar-refractivity contribution < 1.29 is 37.3 Å². The molecular weight excluding hydrogens is 769 g/mol. The van der Waals surface area contributed by atoms with E-state index in [1.807, 2.05) is 0 Å². The van der Waals surface area contributed by atoms with Crippen LogP contribution in [0.3, 0.4) is 0 Å². The number of aromatic hydroxyl groups is 1. The van der Waals surface area contributed by atoms with E-state index in [2.05, 4.69) is 30.0 Å². The first-order valence-corrected chi connectivity index (χ1v) is 18.9. The Kier molecular flexibility index (Phi) is 11.0. The molecule has 4 aromatic carbocycles. The largest absolute Gasteiger partial charge is 0.504 e. The maximum atomic E-state index is 13.4. The van der Waals surface area contributed by atoms with Crippen molar-refractivity contribution in [1.82, 2.24) is 9.11 Å². The molecule has 0 aliphatic rings. The van der Waals surface area contributed by atoms with Crippen molar-refractivity contribution in [3.05, 3.63) is 110 Å². The number of sulfonamides is 1. The third kappa shape index (κ3) is 8.40. The Hall–Kier alpha value is -6.93. The van der Waals surface area contributed by atoms with Crippen LogP contribution in [0.4, 0.5) is 33.4 Å². The molecule has 20 heteroatoms. The number of nitro groups is 1. The number of amides is 2. The third-order valence-corrected chi connectivity index (χ3v) is 10.3. The number of phenols is 1. The Morgan fingerprint density at radius 3 is 2.41 bits per heavy atom. The highest BCUT2D eigenvalue weighted by Gasteiger charge is 2.23. The second kappa shape index (κ2) is 15.8. The van der Waals surface area contributed by atoms with Gasteiger partial charge >= 0.3 is 0 Å². The molecule has 6 rings (SSSR count). The predicted molar refractivity (Wildman–Crippen MR) is 207 cm³/mol. The molecule has 2 aromatic heterocycles. The van der Waals surface area contributed by atoms with Gasteiger partial charge in [0, 0.05) is 30.5 Å². The molecule has 0 saturated carbocycles. The van der Waals surface area contributed by atoms with Crippen LogP contribution in [0.15, 0.2) is 97.2 Å². The van der Waals surface area contributed by atoms with Crippen molar-refractivity contribution in [1.29, 1.82) is 0 Å². The van der Waals surface area contributed by atoms with Crippen LogP contribution in [0.2, 0.25) is 0 Å². The Labute approximate surface area is 321 Å². The Balaban J connectivity index is 1.17. The van der Waals surface area contributed by atoms with Gasteiger partial charge in [-0.15, -0.1) is 15.0 Å². The van der Waals surface area contributed by atoms with Gasteiger partial charge < -0.3 is 25.0 Å². The summed E-state index contributed by atoms with van der Waals surface area (Å²) in [7, 11) is -4.12. The number of carbonyl (C=O) groups is 2. The molecule has 18 nitrogen and oxygen atoms in total. The fourth-order valence-electron chi connectivity index (χ4n) is 5.31. The van der Waals surface area contributed by atoms with Crippen LogP contribution in [-0.4, -0.2) is 39.4 Å². The minimum atomic E-state index is -4.12. The molecule has 0 aliphatic heterocycles. The van der Waals surface area contributed by atoms with E-state index < -0.39 is 26.4 Å². The highest BCUT2D eigenvalue weighted by atomic mass is 32.2. The quantitative estimate of drug-likeness (QED) is 0.0388. The standard InChI is InChI=1S/C36H32N8O10S2/c1-5-33(46)38-30-16-23(15-29(34(30)47)37-21(4)45)39-40-35-26-17-25(11-12-28(26)41-55-35)56(51,52)42-22-7-9-24(10-8-22)53-18-27-20(3)54-43(36(27)48)31-13-6-19(2)14-32(31)44(49)50/h6-17,42,47H,5,18H2,1-4H3,(H,37,45)(H,38,46). The number of aryl methyl sites for hydroxylation is 2. The summed E-state index contributed by atoms with van der Waals surface area (Å²) in [6.45, 7) is 5.90. The van der Waals surface area contributed by atoms with E-state index in [0.717, 1.165) is 16.3 Å². The number of rotatable bonds is 13. The number of fused-ring (bicyclic) bond motifs is 1. The van der Waals surface area contributed by atoms with Crippen molar-refractivity contribution in [3.8, 4) is 17.2 Å². The van der Waals surface area contributed by atoms with Gasteiger partial charge in [-0.2, -0.15) is 4.37 Å². The molecule has 0 spiro atoms. The summed E-state index contributed by atoms with van der Waals surface area (Å²) in [5.74, 6) is -0.697. The molecule has 288 valence electrons. The minimum Gasteiger partial charge on any atom is -0.504 e. The number of azo groups is 1. The summed E-state index contributed by atoms with van der Waals surface area (Å²) in [5, 5.41) is 36.3. The Morgan fingerprint density at radius 1 is 1.02 bits per heavy atom. The zero-order chi connectivity index (χ0) is 40.3. The fraction of sp³-hybridized carbons (Fsp3) is 0.167. The summed E-state index contributed by atoms with van der Waals surface area (Å²) in [6, 6.07) is 17.4. The first-order chi connectivity index (χ1) is 26.6. The van der Waals surface area contributed by atoms with Gasteiger partial charge in [0.2, 0.25) is 11.8 Å². The minimum absolute atomic E-state index is 0.000131. The van der Waals surface area contributed by atoms with E-state index in [1.54, 1.807) is 19.9 Å². The van der Waals surface area contributed by atoms with E-state index in [4.69, 9.17) is 9.26 Å². The number of hydrogen-bond acceptors (Lipinski definition) is 14. The Morgan fingerprint density at radius 2 is 1.73 bits per heavy atom. The van der Waals surface area contributed by atoms with E-state index in [1.165, 1.54) is 80.6 Å². The van der Waals surface area contributed by atoms with Crippen LogP contribution in [0, 0.1) is 24.0 Å². The van der Waals surface area contributed by atoms with Crippen molar-refractivity contribution in [2.45, 2.75) is 45.6 Å². The highest BCUT2D eigenvalue weighted by molar-refractivity contribution is 7.92. The fourth-order valence-corrected chi connectivity index (χ4v) is 7.08. The summed E-state index contributed by atoms with van der Waals surface area (Å²) < 4.78 is 45.9. The smallest absolute Gasteiger partial charge is 0.296 e. The number of ether oxygens (including phenoxy) is 1. The number of carbonyl (C=O) groups excluding carboxylic acids is 2. The number of benzene rings is 4. The summed E-state index contributed by atoms with van der Waals surface area (Å²) >= 11 is 0.968. The molecule has 0 radical (unpaired) electrons. The molecule has 4 N–H and O–H groups in total. The van der Waals surface area contributed by atoms with Gasteiger partial charge in [0.1, 0.15) is 18.1 Å². The molecule has 56 heavy (non-hydrogen) atoms. The number of nitro benzene ring substituents is 1. The summed E-state index contributed by atoms with van der Waals surface area (Å²) in [4.78, 5) is 47.8. The van der Waals surface area contributed by atoms with Crippen LogP contribution >= 0.6 is 11.5 Å². The monoisotopic (exact) mass is 800 g/mol. The number of phenolic OH excluding ortho intramolecular Hbond substituents is 1. The van der Waals surface area contributed by atoms with Crippen LogP contribution in [-0.2, 0) is 26.2 Å². The van der Waals surface area contributed by atoms with Crippen LogP contribution < -0.4 is 25.7 Å². The van der Waals surface area contributed by atoms with E-state index >= 15 is 0 Å². The molecule has 6 aromatic rings. The van der Waals surface area contributed by atoms with Crippen molar-refractivity contribution in [2.75, 3.05) is 15.4 Å². The van der Waals surface area contributed by atoms with Crippen molar-refractivity contribution in [2.24, 2.45) is 10.2 Å². The summed E-state index contributed by atoms with van der Waals surface area (Å²) in [5.41, 5.74) is 0.706. The van der Waals surface area contributed by atoms with E-state index in [0.29, 0.717) is 22.2 Å². The first-order valence-electron chi connectivity index (χ1n) is 16.6. The predicted octanol–water partition coefficient (Wildman–Crippen LogP) is 7.37. The maximum absolute atomic E-state index is 13.4. The average Bonchev–Trinajstić information content (AvgIpc) is 3.69. The topological polar surface area (TPSA) is 250 Å². The number of nitrogens with one attached hydrogen (secondary N) is 3. The zero-order valence-electron chi connectivity index (χ0n) is 30.0. The highest BCUT2D eigenvalue weighted by Crippen LogP contribution is 2.39. The molecule has 2 heterocycles. The lowest BCUT2D eigenvalue weighted by Crippen LogP contribution is -2.18. The van der Waals surface area contributed by atoms with Crippen molar-refractivity contribution in [3.63, 3.8) is 0 Å². The van der Waals surface area contributed by atoms with E-state index in [-0.39, 0.29) is 80.0 Å². The van der Waals surface area contributed by atoms with Gasteiger partial charge in [0.05, 0.1) is 38.0 Å². The average molecular weight is 801 g/mol. The lowest BCUT2D eigenvalue weighted by molar-refractivity contribution is -0.384. The molecule has 2 amide bonds. The van der Waals surface area contributed by atoms with Gasteiger partial charge in [-0.3, -0.25) is 29.2 Å². The SMILES string of the molecule is CCC(=O)Nc1cc(N=Nc2snc3ccc(S(=O)(=O)Nc4ccc(OCc5c(C)on(-c6ccc(C)cc6[N+](=O)[O-])c5=O)cc4)cc23)cc(NC(C)=O)c1O. The van der Waals surface area contributed by atoms with Crippen molar-refractivity contribution >= 4 is 77.7 Å². The Bertz CT molecular complexity index is 2720. The van der Waals surface area contributed by atoms with Gasteiger partial charge in [0.15, 0.2) is 16.4 Å².